The Morgan fingerprint density at radius 1 is 0.900 bits per heavy atom. The minimum atomic E-state index is 0.483. The molecule has 0 radical (unpaired) electrons. The van der Waals surface area contributed by atoms with Crippen molar-refractivity contribution in [2.45, 2.75) is 36.8 Å². The Labute approximate surface area is 119 Å². The lowest BCUT2D eigenvalue weighted by molar-refractivity contribution is 0.0539. The van der Waals surface area contributed by atoms with Gasteiger partial charge < -0.3 is 0 Å². The summed E-state index contributed by atoms with van der Waals surface area (Å²) < 4.78 is 0. The van der Waals surface area contributed by atoms with Crippen molar-refractivity contribution in [2.24, 2.45) is 33.9 Å². The van der Waals surface area contributed by atoms with E-state index in [1.165, 1.54) is 12.8 Å². The van der Waals surface area contributed by atoms with Gasteiger partial charge in [0.2, 0.25) is 0 Å². The fourth-order valence-corrected chi connectivity index (χ4v) is 6.35. The van der Waals surface area contributed by atoms with Crippen LogP contribution in [-0.4, -0.2) is 12.1 Å². The lowest BCUT2D eigenvalue weighted by atomic mass is 9.57. The van der Waals surface area contributed by atoms with Gasteiger partial charge in [-0.25, -0.2) is 0 Å². The number of nitrogens with zero attached hydrogens (tertiary/aromatic N) is 2. The maximum atomic E-state index is 4.76. The first kappa shape index (κ1) is 10.3. The lowest BCUT2D eigenvalue weighted by Gasteiger charge is -2.51. The van der Waals surface area contributed by atoms with Crippen molar-refractivity contribution >= 4 is 0 Å². The van der Waals surface area contributed by atoms with Gasteiger partial charge in [0, 0.05) is 5.92 Å². The van der Waals surface area contributed by atoms with E-state index in [0.717, 1.165) is 29.6 Å². The summed E-state index contributed by atoms with van der Waals surface area (Å²) in [5.74, 6) is 4.58. The van der Waals surface area contributed by atoms with Crippen molar-refractivity contribution in [2.75, 3.05) is 0 Å². The second-order valence-electron chi connectivity index (χ2n) is 7.35. The van der Waals surface area contributed by atoms with Gasteiger partial charge in [0.15, 0.2) is 0 Å². The molecule has 0 N–H and O–H groups in total. The number of hydrogen-bond donors (Lipinski definition) is 0. The zero-order valence-corrected chi connectivity index (χ0v) is 11.4. The molecule has 100 valence electrons. The molecule has 2 aliphatic heterocycles. The highest BCUT2D eigenvalue weighted by atomic mass is 15.2. The molecule has 7 rings (SSSR count). The number of rotatable bonds is 0. The van der Waals surface area contributed by atoms with Crippen LogP contribution in [0.5, 0.6) is 0 Å². The van der Waals surface area contributed by atoms with E-state index in [9.17, 15) is 0 Å². The summed E-state index contributed by atoms with van der Waals surface area (Å²) in [6, 6.07) is 10.2. The first-order valence-corrected chi connectivity index (χ1v) is 8.09. The number of azo groups is 1. The Morgan fingerprint density at radius 2 is 1.60 bits per heavy atom. The molecular weight excluding hydrogens is 244 g/mol. The highest BCUT2D eigenvalue weighted by Gasteiger charge is 2.64. The van der Waals surface area contributed by atoms with Crippen LogP contribution < -0.4 is 0 Å². The largest absolute Gasteiger partial charge is 0.190 e. The highest BCUT2D eigenvalue weighted by Crippen LogP contribution is 2.68. The zero-order chi connectivity index (χ0) is 12.8. The molecule has 2 nitrogen and oxygen atoms in total. The molecule has 0 aromatic heterocycles. The Hall–Kier alpha value is -1.44. The monoisotopic (exact) mass is 262 g/mol. The predicted molar refractivity (Wildman–Crippen MR) is 76.7 cm³/mol. The van der Waals surface area contributed by atoms with Crippen LogP contribution in [0.25, 0.3) is 0 Å². The van der Waals surface area contributed by atoms with Gasteiger partial charge in [-0.2, -0.15) is 10.2 Å². The van der Waals surface area contributed by atoms with Gasteiger partial charge >= 0.3 is 0 Å². The average molecular weight is 262 g/mol. The van der Waals surface area contributed by atoms with E-state index in [0.29, 0.717) is 18.0 Å². The van der Waals surface area contributed by atoms with Crippen LogP contribution in [0.1, 0.15) is 35.8 Å². The number of allylic oxidation sites excluding steroid dienone is 1. The Balaban J connectivity index is 1.54. The molecular formula is C18H18N2. The molecule has 2 fully saturated rings. The Kier molecular flexibility index (Phi) is 1.67. The van der Waals surface area contributed by atoms with Crippen LogP contribution in [0.3, 0.4) is 0 Å². The van der Waals surface area contributed by atoms with Crippen LogP contribution in [0.4, 0.5) is 0 Å². The van der Waals surface area contributed by atoms with Crippen LogP contribution in [0, 0.1) is 23.7 Å². The quantitative estimate of drug-likeness (QED) is 0.633. The fourth-order valence-electron chi connectivity index (χ4n) is 6.35. The van der Waals surface area contributed by atoms with Crippen molar-refractivity contribution < 1.29 is 0 Å². The van der Waals surface area contributed by atoms with E-state index in [2.05, 4.69) is 36.4 Å². The zero-order valence-electron chi connectivity index (χ0n) is 11.4. The van der Waals surface area contributed by atoms with E-state index in [4.69, 9.17) is 10.2 Å². The van der Waals surface area contributed by atoms with Gasteiger partial charge in [-0.3, -0.25) is 0 Å². The maximum Gasteiger partial charge on any atom is 0.0811 e. The summed E-state index contributed by atoms with van der Waals surface area (Å²) in [5, 5.41) is 9.51. The van der Waals surface area contributed by atoms with E-state index in [1.807, 2.05) is 0 Å². The number of hydrogen-bond acceptors (Lipinski definition) is 2. The molecule has 6 aliphatic rings. The van der Waals surface area contributed by atoms with Gasteiger partial charge in [0.25, 0.3) is 0 Å². The third kappa shape index (κ3) is 0.962. The van der Waals surface area contributed by atoms with E-state index < -0.39 is 0 Å². The topological polar surface area (TPSA) is 24.7 Å². The molecule has 2 heterocycles. The number of fused-ring (bicyclic) bond motifs is 5. The summed E-state index contributed by atoms with van der Waals surface area (Å²) in [6.45, 7) is 0. The lowest BCUT2D eigenvalue weighted by Crippen LogP contribution is -2.53. The summed E-state index contributed by atoms with van der Waals surface area (Å²) in [6.07, 6.45) is 7.46. The summed E-state index contributed by atoms with van der Waals surface area (Å²) in [7, 11) is 0. The molecule has 8 unspecified atom stereocenters. The van der Waals surface area contributed by atoms with Gasteiger partial charge in [-0.15, -0.1) is 0 Å². The molecule has 0 saturated heterocycles. The summed E-state index contributed by atoms with van der Waals surface area (Å²) in [4.78, 5) is 0. The third-order valence-corrected chi connectivity index (χ3v) is 6.89. The molecule has 0 amide bonds. The minimum absolute atomic E-state index is 0.483. The second-order valence-corrected chi connectivity index (χ2v) is 7.35. The van der Waals surface area contributed by atoms with Gasteiger partial charge in [0.05, 0.1) is 12.1 Å². The molecule has 2 heteroatoms. The molecule has 4 aliphatic carbocycles. The van der Waals surface area contributed by atoms with E-state index in [1.54, 1.807) is 11.1 Å². The second kappa shape index (κ2) is 3.24. The van der Waals surface area contributed by atoms with Crippen molar-refractivity contribution in [1.29, 1.82) is 0 Å². The molecule has 20 heavy (non-hydrogen) atoms. The first-order valence-electron chi connectivity index (χ1n) is 8.09. The predicted octanol–water partition coefficient (Wildman–Crippen LogP) is 3.91. The van der Waals surface area contributed by atoms with E-state index in [-0.39, 0.29) is 0 Å². The standard InChI is InChI=1S/C18H18N2/c1-2-5-10-9(4-1)13-8-14(10)16-15(13)17-11-6-3-7-12(11)18(16)20-19-17/h1-6,11-18H,7-8H2. The van der Waals surface area contributed by atoms with Crippen LogP contribution in [0.2, 0.25) is 0 Å². The minimum Gasteiger partial charge on any atom is -0.190 e. The van der Waals surface area contributed by atoms with Crippen molar-refractivity contribution in [3.05, 3.63) is 47.5 Å². The third-order valence-electron chi connectivity index (χ3n) is 6.89. The van der Waals surface area contributed by atoms with Crippen molar-refractivity contribution in [3.63, 3.8) is 0 Å². The normalized spacial score (nSPS) is 52.2. The fraction of sp³-hybridized carbons (Fsp3) is 0.556. The first-order chi connectivity index (χ1) is 9.93. The maximum absolute atomic E-state index is 4.76. The van der Waals surface area contributed by atoms with Crippen LogP contribution >= 0.6 is 0 Å². The van der Waals surface area contributed by atoms with Crippen molar-refractivity contribution in [1.82, 2.24) is 0 Å². The Bertz CT molecular complexity index is 661. The highest BCUT2D eigenvalue weighted by molar-refractivity contribution is 5.45. The number of benzene rings is 1. The average Bonchev–Trinajstić information content (AvgIpc) is 3.22. The molecule has 4 bridgehead atoms. The van der Waals surface area contributed by atoms with Gasteiger partial charge in [-0.05, 0) is 53.6 Å². The molecule has 0 spiro atoms. The molecule has 2 saturated carbocycles. The smallest absolute Gasteiger partial charge is 0.0811 e. The van der Waals surface area contributed by atoms with Gasteiger partial charge in [0.1, 0.15) is 0 Å². The van der Waals surface area contributed by atoms with Crippen LogP contribution in [-0.2, 0) is 0 Å². The summed E-state index contributed by atoms with van der Waals surface area (Å²) in [5.41, 5.74) is 3.28. The van der Waals surface area contributed by atoms with Crippen LogP contribution in [0.15, 0.2) is 46.6 Å². The molecule has 1 aromatic rings. The summed E-state index contributed by atoms with van der Waals surface area (Å²) >= 11 is 0. The van der Waals surface area contributed by atoms with Crippen molar-refractivity contribution in [3.8, 4) is 0 Å². The SMILES string of the molecule is C1=CC2C(C1)C1N=NC2C2C3CC(c4ccccc43)C12. The van der Waals surface area contributed by atoms with Gasteiger partial charge in [-0.1, -0.05) is 36.4 Å². The van der Waals surface area contributed by atoms with E-state index >= 15 is 0 Å². The molecule has 1 aromatic carbocycles. The molecule has 8 atom stereocenters. The Morgan fingerprint density at radius 3 is 2.40 bits per heavy atom.